The molecule has 1 aliphatic carbocycles. The van der Waals surface area contributed by atoms with Crippen LogP contribution >= 0.6 is 11.3 Å². The molecule has 2 aromatic heterocycles. The van der Waals surface area contributed by atoms with Crippen LogP contribution in [0.5, 0.6) is 5.75 Å². The van der Waals surface area contributed by atoms with Crippen LogP contribution in [0.15, 0.2) is 48.2 Å². The standard InChI is InChI=1S/C25H30N4O6S2/c1-15(2)19-5-3-4-6-22(19)34-11-16-7-23(36-13-16)24(31)20-10-27-14-28-25(20)29-18-8-17(21(30)9-18)12-35-37(26,32)33/h3-7,10,13-15,17-18,21,30H,8-9,11-12H2,1-2H3,(H2,26,32,33)(H,27,28,29)/t17-,18-,21+/m1/s1. The van der Waals surface area contributed by atoms with Crippen LogP contribution in [-0.4, -0.2) is 48.0 Å². The van der Waals surface area contributed by atoms with E-state index in [-0.39, 0.29) is 18.4 Å². The minimum atomic E-state index is -4.09. The number of anilines is 1. The molecule has 1 aliphatic rings. The van der Waals surface area contributed by atoms with Gasteiger partial charge in [0.1, 0.15) is 24.5 Å². The third-order valence-corrected chi connectivity index (χ3v) is 7.66. The summed E-state index contributed by atoms with van der Waals surface area (Å²) in [6, 6.07) is 9.48. The Morgan fingerprint density at radius 1 is 1.30 bits per heavy atom. The first kappa shape index (κ1) is 27.1. The van der Waals surface area contributed by atoms with Crippen LogP contribution in [0.25, 0.3) is 0 Å². The molecule has 4 N–H and O–H groups in total. The summed E-state index contributed by atoms with van der Waals surface area (Å²) in [5.41, 5.74) is 2.32. The Balaban J connectivity index is 1.41. The number of aromatic nitrogens is 2. The fraction of sp³-hybridized carbons (Fsp3) is 0.400. The van der Waals surface area contributed by atoms with Crippen molar-refractivity contribution in [3.05, 3.63) is 69.8 Å². The summed E-state index contributed by atoms with van der Waals surface area (Å²) in [6.07, 6.45) is 2.79. The van der Waals surface area contributed by atoms with Crippen LogP contribution in [0.2, 0.25) is 0 Å². The molecule has 3 atom stereocenters. The molecular weight excluding hydrogens is 516 g/mol. The molecule has 1 saturated carbocycles. The third kappa shape index (κ3) is 7.11. The van der Waals surface area contributed by atoms with Crippen molar-refractivity contribution in [3.8, 4) is 5.75 Å². The molecule has 0 aliphatic heterocycles. The van der Waals surface area contributed by atoms with Gasteiger partial charge in [0, 0.05) is 23.7 Å². The summed E-state index contributed by atoms with van der Waals surface area (Å²) in [4.78, 5) is 22.1. The Labute approximate surface area is 220 Å². The molecule has 1 fully saturated rings. The van der Waals surface area contributed by atoms with Gasteiger partial charge in [-0.2, -0.15) is 8.42 Å². The monoisotopic (exact) mass is 546 g/mol. The molecule has 12 heteroatoms. The number of thiophene rings is 1. The van der Waals surface area contributed by atoms with Gasteiger partial charge in [0.05, 0.1) is 23.2 Å². The lowest BCUT2D eigenvalue weighted by Gasteiger charge is -2.15. The number of ether oxygens (including phenoxy) is 1. The van der Waals surface area contributed by atoms with Gasteiger partial charge in [-0.05, 0) is 41.8 Å². The topological polar surface area (TPSA) is 154 Å². The first-order chi connectivity index (χ1) is 17.6. The van der Waals surface area contributed by atoms with Gasteiger partial charge in [0.2, 0.25) is 5.78 Å². The lowest BCUT2D eigenvalue weighted by molar-refractivity contribution is 0.101. The molecule has 10 nitrogen and oxygen atoms in total. The molecular formula is C25H30N4O6S2. The van der Waals surface area contributed by atoms with Crippen molar-refractivity contribution < 1.29 is 27.2 Å². The number of carbonyl (C=O) groups excluding carboxylic acids is 1. The lowest BCUT2D eigenvalue weighted by atomic mass is 10.0. The molecule has 0 saturated heterocycles. The molecule has 0 spiro atoms. The zero-order chi connectivity index (χ0) is 26.6. The number of rotatable bonds is 11. The van der Waals surface area contributed by atoms with Gasteiger partial charge in [0.25, 0.3) is 0 Å². The number of nitrogens with zero attached hydrogens (tertiary/aromatic N) is 2. The van der Waals surface area contributed by atoms with E-state index in [4.69, 9.17) is 9.88 Å². The van der Waals surface area contributed by atoms with E-state index in [0.29, 0.717) is 41.6 Å². The molecule has 0 radical (unpaired) electrons. The summed E-state index contributed by atoms with van der Waals surface area (Å²) in [5, 5.41) is 20.3. The highest BCUT2D eigenvalue weighted by atomic mass is 32.2. The van der Waals surface area contributed by atoms with E-state index < -0.39 is 22.3 Å². The number of hydrogen-bond acceptors (Lipinski definition) is 10. The highest BCUT2D eigenvalue weighted by Gasteiger charge is 2.34. The largest absolute Gasteiger partial charge is 0.489 e. The molecule has 0 amide bonds. The number of nitrogens with two attached hydrogens (primary N) is 1. The summed E-state index contributed by atoms with van der Waals surface area (Å²) in [7, 11) is -4.09. The van der Waals surface area contributed by atoms with E-state index in [2.05, 4.69) is 33.3 Å². The second-order valence-electron chi connectivity index (χ2n) is 9.33. The van der Waals surface area contributed by atoms with Crippen molar-refractivity contribution in [2.45, 2.75) is 51.4 Å². The highest BCUT2D eigenvalue weighted by Crippen LogP contribution is 2.31. The molecule has 2 heterocycles. The van der Waals surface area contributed by atoms with E-state index >= 15 is 0 Å². The zero-order valence-corrected chi connectivity index (χ0v) is 22.2. The number of carbonyl (C=O) groups is 1. The normalized spacial score (nSPS) is 19.8. The van der Waals surface area contributed by atoms with Crippen molar-refractivity contribution in [2.75, 3.05) is 11.9 Å². The second-order valence-corrected chi connectivity index (χ2v) is 11.5. The van der Waals surface area contributed by atoms with Gasteiger partial charge in [-0.15, -0.1) is 11.3 Å². The minimum absolute atomic E-state index is 0.213. The summed E-state index contributed by atoms with van der Waals surface area (Å²) in [5.74, 6) is 0.859. The number of aliphatic hydroxyl groups excluding tert-OH is 1. The Hall–Kier alpha value is -2.90. The zero-order valence-electron chi connectivity index (χ0n) is 20.5. The highest BCUT2D eigenvalue weighted by molar-refractivity contribution is 7.84. The molecule has 3 aromatic rings. The van der Waals surface area contributed by atoms with Crippen LogP contribution in [0.4, 0.5) is 5.82 Å². The van der Waals surface area contributed by atoms with Crippen LogP contribution < -0.4 is 15.2 Å². The van der Waals surface area contributed by atoms with Crippen molar-refractivity contribution in [2.24, 2.45) is 11.1 Å². The maximum Gasteiger partial charge on any atom is 0.333 e. The number of benzene rings is 1. The molecule has 37 heavy (non-hydrogen) atoms. The molecule has 1 aromatic carbocycles. The number of aliphatic hydroxyl groups is 1. The Morgan fingerprint density at radius 2 is 2.08 bits per heavy atom. The minimum Gasteiger partial charge on any atom is -0.489 e. The van der Waals surface area contributed by atoms with Crippen molar-refractivity contribution in [3.63, 3.8) is 0 Å². The Morgan fingerprint density at radius 3 is 2.84 bits per heavy atom. The molecule has 0 unspecified atom stereocenters. The first-order valence-electron chi connectivity index (χ1n) is 11.9. The maximum atomic E-state index is 13.3. The van der Waals surface area contributed by atoms with Gasteiger partial charge < -0.3 is 15.2 Å². The van der Waals surface area contributed by atoms with Gasteiger partial charge in [-0.25, -0.2) is 15.1 Å². The lowest BCUT2D eigenvalue weighted by Crippen LogP contribution is -2.24. The fourth-order valence-corrected chi connectivity index (χ4v) is 5.55. The van der Waals surface area contributed by atoms with Crippen LogP contribution in [0.3, 0.4) is 0 Å². The van der Waals surface area contributed by atoms with Gasteiger partial charge in [-0.3, -0.25) is 8.98 Å². The van der Waals surface area contributed by atoms with Gasteiger partial charge in [0.15, 0.2) is 0 Å². The maximum absolute atomic E-state index is 13.3. The van der Waals surface area contributed by atoms with E-state index in [1.807, 2.05) is 35.7 Å². The van der Waals surface area contributed by atoms with Gasteiger partial charge in [-0.1, -0.05) is 32.0 Å². The predicted molar refractivity (Wildman–Crippen MR) is 140 cm³/mol. The fourth-order valence-electron chi connectivity index (χ4n) is 4.34. The third-order valence-electron chi connectivity index (χ3n) is 6.21. The molecule has 198 valence electrons. The molecule has 0 bridgehead atoms. The summed E-state index contributed by atoms with van der Waals surface area (Å²) < 4.78 is 32.8. The SMILES string of the molecule is CC(C)c1ccccc1OCc1csc(C(=O)c2cncnc2N[C@@H]2C[C@H](COS(N)(=O)=O)[C@@H](O)C2)c1. The van der Waals surface area contributed by atoms with Crippen LogP contribution in [-0.2, 0) is 21.1 Å². The van der Waals surface area contributed by atoms with Crippen LogP contribution in [0, 0.1) is 5.92 Å². The van der Waals surface area contributed by atoms with E-state index in [9.17, 15) is 18.3 Å². The first-order valence-corrected chi connectivity index (χ1v) is 14.2. The smallest absolute Gasteiger partial charge is 0.333 e. The van der Waals surface area contributed by atoms with Crippen LogP contribution in [0.1, 0.15) is 59.0 Å². The number of hydrogen-bond donors (Lipinski definition) is 3. The summed E-state index contributed by atoms with van der Waals surface area (Å²) in [6.45, 7) is 4.35. The predicted octanol–water partition coefficient (Wildman–Crippen LogP) is 3.24. The van der Waals surface area contributed by atoms with Crippen molar-refractivity contribution in [1.29, 1.82) is 0 Å². The second kappa shape index (κ2) is 11.7. The van der Waals surface area contributed by atoms with Gasteiger partial charge >= 0.3 is 10.3 Å². The Bertz CT molecular complexity index is 1340. The molecule has 4 rings (SSSR count). The number of nitrogens with one attached hydrogen (secondary N) is 1. The number of para-hydroxylation sites is 1. The summed E-state index contributed by atoms with van der Waals surface area (Å²) >= 11 is 1.32. The quantitative estimate of drug-likeness (QED) is 0.308. The number of ketones is 1. The van der Waals surface area contributed by atoms with E-state index in [0.717, 1.165) is 16.9 Å². The van der Waals surface area contributed by atoms with Crippen molar-refractivity contribution >= 4 is 33.2 Å². The average molecular weight is 547 g/mol. The van der Waals surface area contributed by atoms with E-state index in [1.54, 1.807) is 0 Å². The average Bonchev–Trinajstić information content (AvgIpc) is 3.47. The Kier molecular flexibility index (Phi) is 8.55. The van der Waals surface area contributed by atoms with E-state index in [1.165, 1.54) is 23.9 Å². The van der Waals surface area contributed by atoms with Crippen molar-refractivity contribution in [1.82, 2.24) is 9.97 Å².